The van der Waals surface area contributed by atoms with E-state index in [0.29, 0.717) is 0 Å². The fraction of sp³-hybridized carbons (Fsp3) is 0.250. The number of benzene rings is 3. The lowest BCUT2D eigenvalue weighted by Gasteiger charge is -2.06. The van der Waals surface area contributed by atoms with E-state index in [0.717, 1.165) is 6.42 Å². The van der Waals surface area contributed by atoms with Gasteiger partial charge in [-0.15, -0.1) is 0 Å². The lowest BCUT2D eigenvalue weighted by atomic mass is 9.99. The van der Waals surface area contributed by atoms with Crippen LogP contribution in [-0.2, 0) is 6.42 Å². The van der Waals surface area contributed by atoms with E-state index in [1.165, 1.54) is 52.8 Å². The molecule has 0 heterocycles. The van der Waals surface area contributed by atoms with Crippen molar-refractivity contribution in [1.29, 1.82) is 0 Å². The first-order valence-electron chi connectivity index (χ1n) is 7.57. The number of unbranched alkanes of at least 4 members (excludes halogenated alkanes) is 3. The Morgan fingerprint density at radius 1 is 0.650 bits per heavy atom. The number of hydrogen-bond donors (Lipinski definition) is 0. The van der Waals surface area contributed by atoms with Crippen LogP contribution in [0.15, 0.2) is 54.6 Å². The lowest BCUT2D eigenvalue weighted by molar-refractivity contribution is 0.686. The van der Waals surface area contributed by atoms with Crippen LogP contribution in [0.3, 0.4) is 0 Å². The molecule has 0 fully saturated rings. The van der Waals surface area contributed by atoms with E-state index in [2.05, 4.69) is 61.5 Å². The van der Waals surface area contributed by atoms with Gasteiger partial charge in [0.15, 0.2) is 0 Å². The maximum Gasteiger partial charge on any atom is -0.0175 e. The summed E-state index contributed by atoms with van der Waals surface area (Å²) in [5.41, 5.74) is 1.46. The molecule has 101 valence electrons. The molecule has 0 amide bonds. The van der Waals surface area contributed by atoms with Crippen molar-refractivity contribution in [3.05, 3.63) is 67.1 Å². The third-order valence-corrected chi connectivity index (χ3v) is 3.98. The van der Waals surface area contributed by atoms with Crippen LogP contribution < -0.4 is 0 Å². The molecule has 0 spiro atoms. The van der Waals surface area contributed by atoms with Gasteiger partial charge in [-0.25, -0.2) is 0 Å². The molecule has 0 N–H and O–H groups in total. The highest BCUT2D eigenvalue weighted by Gasteiger charge is 2.00. The molecule has 0 nitrogen and oxygen atoms in total. The summed E-state index contributed by atoms with van der Waals surface area (Å²) >= 11 is 0. The summed E-state index contributed by atoms with van der Waals surface area (Å²) in [5, 5.41) is 5.35. The normalized spacial score (nSPS) is 11.2. The largest absolute Gasteiger partial charge is 0.0616 e. The summed E-state index contributed by atoms with van der Waals surface area (Å²) in [7, 11) is 0. The van der Waals surface area contributed by atoms with Crippen molar-refractivity contribution in [2.24, 2.45) is 0 Å². The summed E-state index contributed by atoms with van der Waals surface area (Å²) < 4.78 is 0. The van der Waals surface area contributed by atoms with Gasteiger partial charge in [-0.3, -0.25) is 0 Å². The van der Waals surface area contributed by atoms with Crippen molar-refractivity contribution in [2.45, 2.75) is 32.1 Å². The second-order valence-corrected chi connectivity index (χ2v) is 5.55. The fourth-order valence-corrected chi connectivity index (χ4v) is 2.83. The van der Waals surface area contributed by atoms with E-state index in [4.69, 9.17) is 0 Å². The van der Waals surface area contributed by atoms with Gasteiger partial charge < -0.3 is 0 Å². The molecule has 0 saturated carbocycles. The molecule has 3 rings (SSSR count). The van der Waals surface area contributed by atoms with Crippen molar-refractivity contribution in [3.8, 4) is 0 Å². The highest BCUT2D eigenvalue weighted by Crippen LogP contribution is 2.24. The third kappa shape index (κ3) is 2.85. The molecular weight excluding hydrogens is 240 g/mol. The van der Waals surface area contributed by atoms with Crippen LogP contribution in [0.25, 0.3) is 21.5 Å². The van der Waals surface area contributed by atoms with Gasteiger partial charge in [0.2, 0.25) is 0 Å². The molecule has 0 saturated heterocycles. The highest BCUT2D eigenvalue weighted by atomic mass is 14.0. The quantitative estimate of drug-likeness (QED) is 0.394. The molecule has 20 heavy (non-hydrogen) atoms. The van der Waals surface area contributed by atoms with Crippen molar-refractivity contribution in [2.75, 3.05) is 0 Å². The average Bonchev–Trinajstić information content (AvgIpc) is 2.49. The predicted molar refractivity (Wildman–Crippen MR) is 89.0 cm³/mol. The Labute approximate surface area is 121 Å². The molecule has 0 aliphatic heterocycles. The van der Waals surface area contributed by atoms with E-state index in [1.54, 1.807) is 0 Å². The number of rotatable bonds is 5. The maximum atomic E-state index is 3.90. The molecular formula is C20H21. The Hall–Kier alpha value is -1.82. The number of hydrogen-bond acceptors (Lipinski definition) is 0. The molecule has 0 aliphatic rings. The van der Waals surface area contributed by atoms with Gasteiger partial charge in [-0.05, 0) is 52.1 Å². The van der Waals surface area contributed by atoms with E-state index >= 15 is 0 Å². The molecule has 0 aromatic heterocycles. The molecule has 0 aliphatic carbocycles. The lowest BCUT2D eigenvalue weighted by Crippen LogP contribution is -1.86. The monoisotopic (exact) mass is 261 g/mol. The van der Waals surface area contributed by atoms with E-state index in [1.807, 2.05) is 0 Å². The summed E-state index contributed by atoms with van der Waals surface area (Å²) in [6, 6.07) is 20.1. The average molecular weight is 261 g/mol. The van der Waals surface area contributed by atoms with Gasteiger partial charge in [0, 0.05) is 0 Å². The van der Waals surface area contributed by atoms with Gasteiger partial charge in [0.25, 0.3) is 0 Å². The molecule has 0 heteroatoms. The molecule has 0 atom stereocenters. The Kier molecular flexibility index (Phi) is 4.01. The second kappa shape index (κ2) is 6.09. The van der Waals surface area contributed by atoms with E-state index in [9.17, 15) is 0 Å². The molecule has 0 bridgehead atoms. The van der Waals surface area contributed by atoms with E-state index < -0.39 is 0 Å². The zero-order valence-corrected chi connectivity index (χ0v) is 11.9. The zero-order chi connectivity index (χ0) is 13.8. The first kappa shape index (κ1) is 13.2. The molecule has 0 unspecified atom stereocenters. The zero-order valence-electron chi connectivity index (χ0n) is 11.9. The number of fused-ring (bicyclic) bond motifs is 2. The van der Waals surface area contributed by atoms with E-state index in [-0.39, 0.29) is 0 Å². The van der Waals surface area contributed by atoms with Crippen molar-refractivity contribution < 1.29 is 0 Å². The molecule has 3 aromatic rings. The van der Waals surface area contributed by atoms with Gasteiger partial charge in [-0.1, -0.05) is 68.7 Å². The van der Waals surface area contributed by atoms with Gasteiger partial charge in [0.1, 0.15) is 0 Å². The van der Waals surface area contributed by atoms with Crippen LogP contribution in [0.5, 0.6) is 0 Å². The summed E-state index contributed by atoms with van der Waals surface area (Å²) in [6.45, 7) is 3.90. The Bertz CT molecular complexity index is 709. The van der Waals surface area contributed by atoms with Crippen molar-refractivity contribution >= 4 is 21.5 Å². The van der Waals surface area contributed by atoms with Crippen LogP contribution in [0, 0.1) is 6.92 Å². The Balaban J connectivity index is 1.88. The number of aryl methyl sites for hydroxylation is 1. The van der Waals surface area contributed by atoms with Gasteiger partial charge in [-0.2, -0.15) is 0 Å². The smallest absolute Gasteiger partial charge is 0.0175 e. The predicted octanol–water partition coefficient (Wildman–Crippen LogP) is 5.93. The SMILES string of the molecule is [CH2]CCCCCc1ccc2cc3ccccc3cc2c1. The van der Waals surface area contributed by atoms with Crippen LogP contribution >= 0.6 is 0 Å². The summed E-state index contributed by atoms with van der Waals surface area (Å²) in [5.74, 6) is 0. The van der Waals surface area contributed by atoms with Crippen molar-refractivity contribution in [3.63, 3.8) is 0 Å². The minimum atomic E-state index is 1.06. The first-order valence-corrected chi connectivity index (χ1v) is 7.57. The molecule has 3 aromatic carbocycles. The molecule has 1 radical (unpaired) electrons. The second-order valence-electron chi connectivity index (χ2n) is 5.55. The fourth-order valence-electron chi connectivity index (χ4n) is 2.83. The maximum absolute atomic E-state index is 3.90. The summed E-state index contributed by atoms with van der Waals surface area (Å²) in [6.07, 6.45) is 6.05. The van der Waals surface area contributed by atoms with Crippen LogP contribution in [0.1, 0.15) is 31.2 Å². The first-order chi connectivity index (χ1) is 9.86. The standard InChI is InChI=1S/C20H21/c1-2-3-4-5-8-16-11-12-19-14-17-9-6-7-10-18(17)15-20(19)13-16/h6-7,9-15H,1-5,8H2. The van der Waals surface area contributed by atoms with Crippen LogP contribution in [0.2, 0.25) is 0 Å². The third-order valence-electron chi connectivity index (χ3n) is 3.98. The highest BCUT2D eigenvalue weighted by molar-refractivity contribution is 5.98. The summed E-state index contributed by atoms with van der Waals surface area (Å²) in [4.78, 5) is 0. The van der Waals surface area contributed by atoms with Crippen LogP contribution in [0.4, 0.5) is 0 Å². The minimum absolute atomic E-state index is 1.06. The van der Waals surface area contributed by atoms with Crippen molar-refractivity contribution in [1.82, 2.24) is 0 Å². The topological polar surface area (TPSA) is 0 Å². The van der Waals surface area contributed by atoms with Crippen LogP contribution in [-0.4, -0.2) is 0 Å². The van der Waals surface area contributed by atoms with Gasteiger partial charge >= 0.3 is 0 Å². The Morgan fingerprint density at radius 3 is 2.10 bits per heavy atom. The van der Waals surface area contributed by atoms with Gasteiger partial charge in [0.05, 0.1) is 0 Å². The minimum Gasteiger partial charge on any atom is -0.0616 e. The Morgan fingerprint density at radius 2 is 1.35 bits per heavy atom.